The lowest BCUT2D eigenvalue weighted by Gasteiger charge is -2.08. The van der Waals surface area contributed by atoms with Crippen LogP contribution >= 0.6 is 0 Å². The second-order valence-corrected chi connectivity index (χ2v) is 9.01. The number of anilines is 1. The van der Waals surface area contributed by atoms with E-state index in [0.29, 0.717) is 16.8 Å². The van der Waals surface area contributed by atoms with Gasteiger partial charge in [0.25, 0.3) is 5.91 Å². The minimum Gasteiger partial charge on any atom is -0.322 e. The lowest BCUT2D eigenvalue weighted by atomic mass is 10.1. The van der Waals surface area contributed by atoms with Crippen LogP contribution in [0.15, 0.2) is 79.1 Å². The normalized spacial score (nSPS) is 11.5. The number of para-hydroxylation sites is 2. The third-order valence-corrected chi connectivity index (χ3v) is 5.36. The molecule has 4 aromatic rings. The van der Waals surface area contributed by atoms with Crippen molar-refractivity contribution >= 4 is 32.5 Å². The number of amides is 1. The van der Waals surface area contributed by atoms with Crippen molar-refractivity contribution in [2.45, 2.75) is 5.75 Å². The molecule has 0 aliphatic carbocycles. The Balaban J connectivity index is 1.48. The van der Waals surface area contributed by atoms with Crippen molar-refractivity contribution in [3.05, 3.63) is 90.3 Å². The van der Waals surface area contributed by atoms with Crippen LogP contribution in [0.2, 0.25) is 0 Å². The summed E-state index contributed by atoms with van der Waals surface area (Å²) < 4.78 is 24.7. The van der Waals surface area contributed by atoms with Crippen LogP contribution in [0.1, 0.15) is 15.9 Å². The van der Waals surface area contributed by atoms with Crippen molar-refractivity contribution in [1.82, 2.24) is 9.55 Å². The van der Waals surface area contributed by atoms with Crippen molar-refractivity contribution in [2.24, 2.45) is 0 Å². The summed E-state index contributed by atoms with van der Waals surface area (Å²) in [6.07, 6.45) is 2.96. The number of nitrogens with one attached hydrogen (secondary N) is 1. The molecule has 0 aliphatic heterocycles. The molecular weight excluding hydrogens is 386 g/mol. The molecule has 4 rings (SSSR count). The summed E-state index contributed by atoms with van der Waals surface area (Å²) in [5.41, 5.74) is 4.67. The molecule has 1 N–H and O–H groups in total. The number of fused-ring (bicyclic) bond motifs is 1. The predicted octanol–water partition coefficient (Wildman–Crippen LogP) is 3.82. The molecule has 1 amide bonds. The number of hydrogen-bond donors (Lipinski definition) is 1. The van der Waals surface area contributed by atoms with Gasteiger partial charge in [0, 0.05) is 23.2 Å². The Morgan fingerprint density at radius 2 is 1.66 bits per heavy atom. The molecule has 0 atom stereocenters. The highest BCUT2D eigenvalue weighted by Crippen LogP contribution is 2.20. The van der Waals surface area contributed by atoms with Crippen molar-refractivity contribution in [3.8, 4) is 5.69 Å². The van der Waals surface area contributed by atoms with Gasteiger partial charge in [0.1, 0.15) is 6.33 Å². The van der Waals surface area contributed by atoms with Gasteiger partial charge in [-0.1, -0.05) is 24.3 Å². The number of aromatic nitrogens is 2. The number of rotatable bonds is 5. The van der Waals surface area contributed by atoms with Crippen molar-refractivity contribution < 1.29 is 13.2 Å². The first-order valence-electron chi connectivity index (χ1n) is 9.00. The van der Waals surface area contributed by atoms with Gasteiger partial charge >= 0.3 is 0 Å². The summed E-state index contributed by atoms with van der Waals surface area (Å²) >= 11 is 0. The highest BCUT2D eigenvalue weighted by atomic mass is 32.2. The fourth-order valence-electron chi connectivity index (χ4n) is 3.13. The van der Waals surface area contributed by atoms with Gasteiger partial charge in [-0.15, -0.1) is 0 Å². The lowest BCUT2D eigenvalue weighted by molar-refractivity contribution is 0.102. The molecule has 0 saturated heterocycles. The Kier molecular flexibility index (Phi) is 4.90. The van der Waals surface area contributed by atoms with Crippen molar-refractivity contribution in [3.63, 3.8) is 0 Å². The highest BCUT2D eigenvalue weighted by Gasteiger charge is 2.09. The van der Waals surface area contributed by atoms with E-state index in [4.69, 9.17) is 0 Å². The van der Waals surface area contributed by atoms with E-state index in [9.17, 15) is 13.2 Å². The molecule has 0 aliphatic rings. The predicted molar refractivity (Wildman–Crippen MR) is 114 cm³/mol. The number of carbonyl (C=O) groups is 1. The summed E-state index contributed by atoms with van der Waals surface area (Å²) in [5, 5.41) is 2.85. The van der Waals surface area contributed by atoms with Crippen LogP contribution in [-0.2, 0) is 15.6 Å². The van der Waals surface area contributed by atoms with Crippen molar-refractivity contribution in [2.75, 3.05) is 11.6 Å². The Hall–Kier alpha value is -3.45. The molecule has 3 aromatic carbocycles. The third-order valence-electron chi connectivity index (χ3n) is 4.50. The second kappa shape index (κ2) is 7.52. The van der Waals surface area contributed by atoms with Crippen LogP contribution in [0.5, 0.6) is 0 Å². The van der Waals surface area contributed by atoms with Gasteiger partial charge in [-0.25, -0.2) is 13.4 Å². The average molecular weight is 405 g/mol. The van der Waals surface area contributed by atoms with Crippen LogP contribution in [-0.4, -0.2) is 30.1 Å². The molecule has 0 radical (unpaired) electrons. The first kappa shape index (κ1) is 18.9. The first-order valence-corrected chi connectivity index (χ1v) is 11.1. The molecule has 0 fully saturated rings. The summed E-state index contributed by atoms with van der Waals surface area (Å²) in [5.74, 6) is -0.295. The van der Waals surface area contributed by atoms with Crippen LogP contribution in [0, 0.1) is 0 Å². The molecule has 0 spiro atoms. The molecule has 146 valence electrons. The molecule has 0 bridgehead atoms. The summed E-state index contributed by atoms with van der Waals surface area (Å²) in [6, 6.07) is 21.9. The zero-order chi connectivity index (χ0) is 20.4. The maximum Gasteiger partial charge on any atom is 0.255 e. The minimum absolute atomic E-state index is 0.0424. The Morgan fingerprint density at radius 3 is 2.34 bits per heavy atom. The topological polar surface area (TPSA) is 81.1 Å². The summed E-state index contributed by atoms with van der Waals surface area (Å²) in [7, 11) is -3.10. The van der Waals surface area contributed by atoms with Crippen LogP contribution in [0.25, 0.3) is 16.7 Å². The number of sulfone groups is 1. The van der Waals surface area contributed by atoms with E-state index < -0.39 is 9.84 Å². The van der Waals surface area contributed by atoms with Gasteiger partial charge < -0.3 is 5.32 Å². The Bertz CT molecular complexity index is 1280. The van der Waals surface area contributed by atoms with Gasteiger partial charge in [-0.05, 0) is 54.1 Å². The average Bonchev–Trinajstić information content (AvgIpc) is 3.12. The van der Waals surface area contributed by atoms with E-state index in [0.717, 1.165) is 16.7 Å². The Labute approximate surface area is 168 Å². The van der Waals surface area contributed by atoms with E-state index in [1.165, 1.54) is 6.26 Å². The molecule has 1 aromatic heterocycles. The molecule has 0 unspecified atom stereocenters. The quantitative estimate of drug-likeness (QED) is 0.547. The largest absolute Gasteiger partial charge is 0.322 e. The SMILES string of the molecule is CS(=O)(=O)Cc1ccc(C(=O)Nc2ccc(-n3cnc4ccccc43)cc2)cc1. The monoisotopic (exact) mass is 405 g/mol. The summed E-state index contributed by atoms with van der Waals surface area (Å²) in [4.78, 5) is 16.8. The van der Waals surface area contributed by atoms with Crippen LogP contribution in [0.4, 0.5) is 5.69 Å². The smallest absolute Gasteiger partial charge is 0.255 e. The van der Waals surface area contributed by atoms with Gasteiger partial charge in [-0.3, -0.25) is 9.36 Å². The number of benzene rings is 3. The fourth-order valence-corrected chi connectivity index (χ4v) is 3.93. The molecular formula is C22H19N3O3S. The molecule has 0 saturated carbocycles. The molecule has 6 nitrogen and oxygen atoms in total. The van der Waals surface area contributed by atoms with E-state index in [2.05, 4.69) is 10.3 Å². The Morgan fingerprint density at radius 1 is 0.966 bits per heavy atom. The maximum absolute atomic E-state index is 12.5. The van der Waals surface area contributed by atoms with Gasteiger partial charge in [-0.2, -0.15) is 0 Å². The fraction of sp³-hybridized carbons (Fsp3) is 0.0909. The van der Waals surface area contributed by atoms with E-state index in [1.807, 2.05) is 53.1 Å². The molecule has 1 heterocycles. The van der Waals surface area contributed by atoms with E-state index in [1.54, 1.807) is 30.6 Å². The standard InChI is InChI=1S/C22H19N3O3S/c1-29(27,28)14-16-6-8-17(9-7-16)22(26)24-18-10-12-19(13-11-18)25-15-23-20-4-2-3-5-21(20)25/h2-13,15H,14H2,1H3,(H,24,26). The number of carbonyl (C=O) groups excluding carboxylic acids is 1. The van der Waals surface area contributed by atoms with Gasteiger partial charge in [0.2, 0.25) is 0 Å². The number of nitrogens with zero attached hydrogens (tertiary/aromatic N) is 2. The molecule has 7 heteroatoms. The van der Waals surface area contributed by atoms with Crippen molar-refractivity contribution in [1.29, 1.82) is 0 Å². The number of imidazole rings is 1. The second-order valence-electron chi connectivity index (χ2n) is 6.87. The van der Waals surface area contributed by atoms with E-state index >= 15 is 0 Å². The third kappa shape index (κ3) is 4.35. The highest BCUT2D eigenvalue weighted by molar-refractivity contribution is 7.89. The summed E-state index contributed by atoms with van der Waals surface area (Å²) in [6.45, 7) is 0. The van der Waals surface area contributed by atoms with Crippen LogP contribution in [0.3, 0.4) is 0 Å². The van der Waals surface area contributed by atoms with Crippen LogP contribution < -0.4 is 5.32 Å². The first-order chi connectivity index (χ1) is 13.9. The van der Waals surface area contributed by atoms with Gasteiger partial charge in [0.15, 0.2) is 9.84 Å². The van der Waals surface area contributed by atoms with E-state index in [-0.39, 0.29) is 11.7 Å². The zero-order valence-corrected chi connectivity index (χ0v) is 16.6. The molecule has 29 heavy (non-hydrogen) atoms. The number of hydrogen-bond acceptors (Lipinski definition) is 4. The minimum atomic E-state index is -3.10. The zero-order valence-electron chi connectivity index (χ0n) is 15.7. The lowest BCUT2D eigenvalue weighted by Crippen LogP contribution is -2.12. The van der Waals surface area contributed by atoms with Gasteiger partial charge in [0.05, 0.1) is 16.8 Å². The maximum atomic E-state index is 12.5.